The van der Waals surface area contributed by atoms with Crippen molar-refractivity contribution in [3.05, 3.63) is 58.4 Å². The molecule has 0 bridgehead atoms. The first kappa shape index (κ1) is 14.8. The highest BCUT2D eigenvalue weighted by atomic mass is 16.6. The van der Waals surface area contributed by atoms with Gasteiger partial charge in [-0.15, -0.1) is 0 Å². The Morgan fingerprint density at radius 2 is 2.14 bits per heavy atom. The van der Waals surface area contributed by atoms with Crippen LogP contribution in [0.1, 0.15) is 12.6 Å². The van der Waals surface area contributed by atoms with E-state index in [1.165, 1.54) is 0 Å². The van der Waals surface area contributed by atoms with Gasteiger partial charge in [0.05, 0.1) is 17.2 Å². The van der Waals surface area contributed by atoms with Crippen LogP contribution in [-0.2, 0) is 6.54 Å². The molecule has 1 heterocycles. The summed E-state index contributed by atoms with van der Waals surface area (Å²) < 4.78 is 0. The van der Waals surface area contributed by atoms with Gasteiger partial charge in [0.2, 0.25) is 0 Å². The SMILES string of the molecule is CCNc1cc(N(C)Cc2ccccn2)cc([N+](=O)[O-])c1. The molecule has 0 atom stereocenters. The average Bonchev–Trinajstić information content (AvgIpc) is 2.48. The summed E-state index contributed by atoms with van der Waals surface area (Å²) in [5.74, 6) is 0. The summed E-state index contributed by atoms with van der Waals surface area (Å²) >= 11 is 0. The quantitative estimate of drug-likeness (QED) is 0.652. The van der Waals surface area contributed by atoms with E-state index >= 15 is 0 Å². The van der Waals surface area contributed by atoms with Gasteiger partial charge in [-0.2, -0.15) is 0 Å². The maximum atomic E-state index is 11.0. The fraction of sp³-hybridized carbons (Fsp3) is 0.267. The number of anilines is 2. The van der Waals surface area contributed by atoms with Gasteiger partial charge in [-0.25, -0.2) is 0 Å². The molecule has 0 spiro atoms. The molecule has 6 nitrogen and oxygen atoms in total. The lowest BCUT2D eigenvalue weighted by atomic mass is 10.2. The van der Waals surface area contributed by atoms with Crippen LogP contribution < -0.4 is 10.2 Å². The van der Waals surface area contributed by atoms with Crippen molar-refractivity contribution in [1.82, 2.24) is 4.98 Å². The Morgan fingerprint density at radius 1 is 1.33 bits per heavy atom. The van der Waals surface area contributed by atoms with E-state index in [9.17, 15) is 10.1 Å². The number of hydrogen-bond donors (Lipinski definition) is 1. The molecule has 1 N–H and O–H groups in total. The molecule has 21 heavy (non-hydrogen) atoms. The molecule has 0 saturated carbocycles. The Morgan fingerprint density at radius 3 is 2.76 bits per heavy atom. The molecule has 1 aromatic carbocycles. The predicted molar refractivity (Wildman–Crippen MR) is 83.6 cm³/mol. The summed E-state index contributed by atoms with van der Waals surface area (Å²) in [5, 5.41) is 14.2. The highest BCUT2D eigenvalue weighted by Gasteiger charge is 2.12. The molecule has 0 radical (unpaired) electrons. The van der Waals surface area contributed by atoms with E-state index in [1.54, 1.807) is 18.3 Å². The normalized spacial score (nSPS) is 10.2. The van der Waals surface area contributed by atoms with Crippen molar-refractivity contribution in [2.45, 2.75) is 13.5 Å². The molecular weight excluding hydrogens is 268 g/mol. The summed E-state index contributed by atoms with van der Waals surface area (Å²) in [6, 6.07) is 10.7. The highest BCUT2D eigenvalue weighted by Crippen LogP contribution is 2.27. The zero-order valence-corrected chi connectivity index (χ0v) is 12.1. The van der Waals surface area contributed by atoms with Crippen LogP contribution in [0, 0.1) is 10.1 Å². The van der Waals surface area contributed by atoms with Crippen LogP contribution in [-0.4, -0.2) is 23.5 Å². The van der Waals surface area contributed by atoms with Crippen LogP contribution in [0.15, 0.2) is 42.6 Å². The second kappa shape index (κ2) is 6.69. The molecular formula is C15H18N4O2. The Bertz CT molecular complexity index is 616. The van der Waals surface area contributed by atoms with Crippen molar-refractivity contribution in [2.75, 3.05) is 23.8 Å². The lowest BCUT2D eigenvalue weighted by Gasteiger charge is -2.19. The molecule has 6 heteroatoms. The third-order valence-electron chi connectivity index (χ3n) is 3.06. The number of nitro benzene ring substituents is 1. The number of nitrogens with one attached hydrogen (secondary N) is 1. The molecule has 110 valence electrons. The average molecular weight is 286 g/mol. The maximum Gasteiger partial charge on any atom is 0.273 e. The second-order valence-corrected chi connectivity index (χ2v) is 4.70. The number of nitro groups is 1. The fourth-order valence-electron chi connectivity index (χ4n) is 2.05. The van der Waals surface area contributed by atoms with Gasteiger partial charge in [-0.05, 0) is 25.1 Å². The third kappa shape index (κ3) is 3.92. The molecule has 0 unspecified atom stereocenters. The first-order valence-corrected chi connectivity index (χ1v) is 6.74. The van der Waals surface area contributed by atoms with Crippen molar-refractivity contribution in [3.63, 3.8) is 0 Å². The minimum Gasteiger partial charge on any atom is -0.385 e. The van der Waals surface area contributed by atoms with E-state index in [-0.39, 0.29) is 10.6 Å². The highest BCUT2D eigenvalue weighted by molar-refractivity contribution is 5.64. The standard InChI is InChI=1S/C15H18N4O2/c1-3-16-13-8-14(10-15(9-13)19(20)21)18(2)11-12-6-4-5-7-17-12/h4-10,16H,3,11H2,1-2H3. The van der Waals surface area contributed by atoms with Crippen LogP contribution in [0.4, 0.5) is 17.1 Å². The van der Waals surface area contributed by atoms with E-state index in [2.05, 4.69) is 10.3 Å². The zero-order valence-electron chi connectivity index (χ0n) is 12.1. The summed E-state index contributed by atoms with van der Waals surface area (Å²) in [6.07, 6.45) is 1.74. The van der Waals surface area contributed by atoms with Gasteiger partial charge in [-0.1, -0.05) is 6.07 Å². The molecule has 0 aliphatic carbocycles. The molecule has 0 aliphatic rings. The van der Waals surface area contributed by atoms with Crippen molar-refractivity contribution in [3.8, 4) is 0 Å². The van der Waals surface area contributed by atoms with Gasteiger partial charge in [0.1, 0.15) is 0 Å². The van der Waals surface area contributed by atoms with E-state index < -0.39 is 0 Å². The first-order chi connectivity index (χ1) is 10.1. The van der Waals surface area contributed by atoms with E-state index in [0.29, 0.717) is 13.1 Å². The Hall–Kier alpha value is -2.63. The van der Waals surface area contributed by atoms with Crippen LogP contribution in [0.2, 0.25) is 0 Å². The minimum absolute atomic E-state index is 0.0799. The lowest BCUT2D eigenvalue weighted by Crippen LogP contribution is -2.17. The number of benzene rings is 1. The van der Waals surface area contributed by atoms with Crippen molar-refractivity contribution in [1.29, 1.82) is 0 Å². The monoisotopic (exact) mass is 286 g/mol. The molecule has 0 saturated heterocycles. The number of non-ortho nitro benzene ring substituents is 1. The summed E-state index contributed by atoms with van der Waals surface area (Å²) in [7, 11) is 1.89. The zero-order chi connectivity index (χ0) is 15.2. The largest absolute Gasteiger partial charge is 0.385 e. The smallest absolute Gasteiger partial charge is 0.273 e. The van der Waals surface area contributed by atoms with Crippen LogP contribution in [0.5, 0.6) is 0 Å². The van der Waals surface area contributed by atoms with E-state index in [1.807, 2.05) is 43.1 Å². The van der Waals surface area contributed by atoms with Gasteiger partial charge < -0.3 is 10.2 Å². The van der Waals surface area contributed by atoms with Gasteiger partial charge in [0.25, 0.3) is 5.69 Å². The predicted octanol–water partition coefficient (Wildman–Crippen LogP) is 3.06. The number of rotatable bonds is 6. The maximum absolute atomic E-state index is 11.0. The van der Waals surface area contributed by atoms with Gasteiger partial charge in [0.15, 0.2) is 0 Å². The van der Waals surface area contributed by atoms with Crippen LogP contribution in [0.3, 0.4) is 0 Å². The molecule has 2 rings (SSSR count). The fourth-order valence-corrected chi connectivity index (χ4v) is 2.05. The van der Waals surface area contributed by atoms with E-state index in [4.69, 9.17) is 0 Å². The van der Waals surface area contributed by atoms with Crippen molar-refractivity contribution in [2.24, 2.45) is 0 Å². The van der Waals surface area contributed by atoms with E-state index in [0.717, 1.165) is 17.1 Å². The molecule has 0 amide bonds. The van der Waals surface area contributed by atoms with Gasteiger partial charge >= 0.3 is 0 Å². The molecule has 2 aromatic rings. The summed E-state index contributed by atoms with van der Waals surface area (Å²) in [4.78, 5) is 16.9. The number of pyridine rings is 1. The van der Waals surface area contributed by atoms with Crippen molar-refractivity contribution < 1.29 is 4.92 Å². The molecule has 0 aliphatic heterocycles. The van der Waals surface area contributed by atoms with Gasteiger partial charge in [-0.3, -0.25) is 15.1 Å². The number of hydrogen-bond acceptors (Lipinski definition) is 5. The molecule has 0 fully saturated rings. The first-order valence-electron chi connectivity index (χ1n) is 6.74. The summed E-state index contributed by atoms with van der Waals surface area (Å²) in [5.41, 5.74) is 2.52. The Labute approximate surface area is 123 Å². The number of aromatic nitrogens is 1. The van der Waals surface area contributed by atoms with Crippen LogP contribution >= 0.6 is 0 Å². The summed E-state index contributed by atoms with van der Waals surface area (Å²) in [6.45, 7) is 3.26. The topological polar surface area (TPSA) is 71.3 Å². The van der Waals surface area contributed by atoms with Crippen LogP contribution in [0.25, 0.3) is 0 Å². The van der Waals surface area contributed by atoms with Crippen molar-refractivity contribution >= 4 is 17.1 Å². The Balaban J connectivity index is 2.26. The molecule has 1 aromatic heterocycles. The Kier molecular flexibility index (Phi) is 4.71. The van der Waals surface area contributed by atoms with Gasteiger partial charge in [0, 0.05) is 43.3 Å². The lowest BCUT2D eigenvalue weighted by molar-refractivity contribution is -0.384. The minimum atomic E-state index is -0.376. The second-order valence-electron chi connectivity index (χ2n) is 4.70. The third-order valence-corrected chi connectivity index (χ3v) is 3.06. The number of nitrogens with zero attached hydrogens (tertiary/aromatic N) is 3.